The number of benzene rings is 1. The van der Waals surface area contributed by atoms with Gasteiger partial charge in [-0.3, -0.25) is 0 Å². The normalized spacial score (nSPS) is 12.9. The summed E-state index contributed by atoms with van der Waals surface area (Å²) in [7, 11) is 0.453. The average molecular weight is 190 g/mol. The second-order valence-corrected chi connectivity index (χ2v) is 3.42. The first-order valence-electron chi connectivity index (χ1n) is 4.19. The highest BCUT2D eigenvalue weighted by Crippen LogP contribution is 2.20. The van der Waals surface area contributed by atoms with Crippen molar-refractivity contribution in [3.05, 3.63) is 41.0 Å². The van der Waals surface area contributed by atoms with Gasteiger partial charge >= 0.3 is 5.97 Å². The summed E-state index contributed by atoms with van der Waals surface area (Å²) in [6, 6.07) is 5.70. The fourth-order valence-electron chi connectivity index (χ4n) is 1.49. The molecule has 2 nitrogen and oxygen atoms in total. The maximum absolute atomic E-state index is 11.2. The Morgan fingerprint density at radius 2 is 2.31 bits per heavy atom. The van der Waals surface area contributed by atoms with Crippen LogP contribution in [0.2, 0.25) is 0 Å². The van der Waals surface area contributed by atoms with Crippen LogP contribution in [0.3, 0.4) is 0 Å². The molecule has 13 heavy (non-hydrogen) atoms. The van der Waals surface area contributed by atoms with Crippen LogP contribution < -0.4 is 0 Å². The van der Waals surface area contributed by atoms with Gasteiger partial charge in [-0.1, -0.05) is 18.2 Å². The van der Waals surface area contributed by atoms with Crippen LogP contribution >= 0.6 is 0 Å². The van der Waals surface area contributed by atoms with E-state index in [-0.39, 0.29) is 5.97 Å². The zero-order valence-corrected chi connectivity index (χ0v) is 9.41. The summed E-state index contributed by atoms with van der Waals surface area (Å²) >= 11 is 0. The zero-order valence-electron chi connectivity index (χ0n) is 7.41. The van der Waals surface area contributed by atoms with E-state index in [1.807, 2.05) is 24.3 Å². The minimum absolute atomic E-state index is 0.213. The summed E-state index contributed by atoms with van der Waals surface area (Å²) in [5.74, 6) is -0.213. The van der Waals surface area contributed by atoms with Gasteiger partial charge in [0.1, 0.15) is 0 Å². The van der Waals surface area contributed by atoms with Crippen LogP contribution in [0.4, 0.5) is 0 Å². The van der Waals surface area contributed by atoms with Crippen molar-refractivity contribution in [2.45, 2.75) is 6.42 Å². The van der Waals surface area contributed by atoms with Gasteiger partial charge in [-0.2, -0.15) is 0 Å². The summed E-state index contributed by atoms with van der Waals surface area (Å²) < 4.78 is 4.77. The quantitative estimate of drug-likeness (QED) is 0.609. The van der Waals surface area contributed by atoms with Crippen molar-refractivity contribution in [2.75, 3.05) is 0 Å². The molecule has 0 fully saturated rings. The molecule has 0 spiro atoms. The van der Waals surface area contributed by atoms with Gasteiger partial charge in [0.2, 0.25) is 10.5 Å². The van der Waals surface area contributed by atoms with Gasteiger partial charge < -0.3 is 4.43 Å². The van der Waals surface area contributed by atoms with Gasteiger partial charge in [-0.25, -0.2) is 4.79 Å². The van der Waals surface area contributed by atoms with Crippen molar-refractivity contribution in [1.29, 1.82) is 0 Å². The van der Waals surface area contributed by atoms with E-state index in [1.54, 1.807) is 0 Å². The molecule has 1 aromatic carbocycles. The summed E-state index contributed by atoms with van der Waals surface area (Å²) in [4.78, 5) is 11.2. The Balaban J connectivity index is 2.40. The highest BCUT2D eigenvalue weighted by atomic mass is 28.2. The molecule has 0 bridgehead atoms. The summed E-state index contributed by atoms with van der Waals surface area (Å²) in [6.45, 7) is 0. The summed E-state index contributed by atoms with van der Waals surface area (Å²) in [5.41, 5.74) is 3.08. The van der Waals surface area contributed by atoms with Gasteiger partial charge in [0.25, 0.3) is 0 Å². The highest BCUT2D eigenvalue weighted by Gasteiger charge is 2.09. The lowest BCUT2D eigenvalue weighted by Crippen LogP contribution is -2.02. The third-order valence-electron chi connectivity index (χ3n) is 2.20. The van der Waals surface area contributed by atoms with Crippen LogP contribution in [0.15, 0.2) is 24.3 Å². The van der Waals surface area contributed by atoms with Crippen molar-refractivity contribution in [3.8, 4) is 0 Å². The Morgan fingerprint density at radius 1 is 1.46 bits per heavy atom. The first-order chi connectivity index (χ1) is 6.31. The maximum Gasteiger partial charge on any atom is 0.324 e. The highest BCUT2D eigenvalue weighted by molar-refractivity contribution is 6.09. The van der Waals surface area contributed by atoms with Crippen molar-refractivity contribution in [2.24, 2.45) is 0 Å². The molecule has 0 atom stereocenters. The van der Waals surface area contributed by atoms with Crippen LogP contribution in [0, 0.1) is 0 Å². The number of hydrogen-bond acceptors (Lipinski definition) is 2. The number of rotatable bonds is 1. The first kappa shape index (κ1) is 8.25. The molecule has 0 saturated carbocycles. The first-order valence-corrected chi connectivity index (χ1v) is 5.00. The van der Waals surface area contributed by atoms with Crippen LogP contribution in [0.25, 0.3) is 6.08 Å². The number of carbonyl (C=O) groups excluding carboxylic acids is 1. The van der Waals surface area contributed by atoms with Crippen molar-refractivity contribution in [3.63, 3.8) is 0 Å². The third kappa shape index (κ3) is 1.42. The molecule has 1 aliphatic carbocycles. The lowest BCUT2D eigenvalue weighted by atomic mass is 10.1. The molecule has 1 aliphatic rings. The van der Waals surface area contributed by atoms with E-state index in [1.165, 1.54) is 5.56 Å². The van der Waals surface area contributed by atoms with E-state index in [0.29, 0.717) is 16.0 Å². The topological polar surface area (TPSA) is 26.3 Å². The SMILES string of the molecule is O=C(O[SiH3])c1ccc2c(c1)C=CC2. The van der Waals surface area contributed by atoms with Gasteiger partial charge in [0, 0.05) is 0 Å². The molecule has 0 aliphatic heterocycles. The predicted octanol–water partition coefficient (Wildman–Crippen LogP) is 0.693. The fraction of sp³-hybridized carbons (Fsp3) is 0.100. The molecule has 3 heteroatoms. The largest absolute Gasteiger partial charge is 0.525 e. The lowest BCUT2D eigenvalue weighted by Gasteiger charge is -2.02. The zero-order chi connectivity index (χ0) is 9.26. The second kappa shape index (κ2) is 3.18. The molecule has 0 aromatic heterocycles. The van der Waals surface area contributed by atoms with Crippen LogP contribution in [0.1, 0.15) is 21.5 Å². The van der Waals surface area contributed by atoms with E-state index in [9.17, 15) is 4.79 Å². The number of allylic oxidation sites excluding steroid dienone is 1. The molecule has 0 heterocycles. The Bertz CT molecular complexity index is 383. The molecule has 2 rings (SSSR count). The van der Waals surface area contributed by atoms with Gasteiger partial charge in [-0.15, -0.1) is 0 Å². The van der Waals surface area contributed by atoms with Crippen LogP contribution in [-0.4, -0.2) is 16.5 Å². The van der Waals surface area contributed by atoms with E-state index in [2.05, 4.69) is 6.08 Å². The smallest absolute Gasteiger partial charge is 0.324 e. The minimum Gasteiger partial charge on any atom is -0.525 e. The van der Waals surface area contributed by atoms with E-state index < -0.39 is 0 Å². The van der Waals surface area contributed by atoms with Crippen LogP contribution in [-0.2, 0) is 10.8 Å². The van der Waals surface area contributed by atoms with Crippen molar-refractivity contribution >= 4 is 22.5 Å². The molecule has 0 unspecified atom stereocenters. The predicted molar refractivity (Wildman–Crippen MR) is 54.5 cm³/mol. The Labute approximate surface area is 79.8 Å². The van der Waals surface area contributed by atoms with Gasteiger partial charge in [0.15, 0.2) is 0 Å². The van der Waals surface area contributed by atoms with E-state index in [0.717, 1.165) is 12.0 Å². The molecule has 0 amide bonds. The maximum atomic E-state index is 11.2. The van der Waals surface area contributed by atoms with E-state index in [4.69, 9.17) is 4.43 Å². The number of fused-ring (bicyclic) bond motifs is 1. The monoisotopic (exact) mass is 190 g/mol. The van der Waals surface area contributed by atoms with Crippen LogP contribution in [0.5, 0.6) is 0 Å². The van der Waals surface area contributed by atoms with E-state index >= 15 is 0 Å². The second-order valence-electron chi connectivity index (χ2n) is 3.01. The summed E-state index contributed by atoms with van der Waals surface area (Å²) in [6.07, 6.45) is 5.12. The van der Waals surface area contributed by atoms with Gasteiger partial charge in [0.05, 0.1) is 5.56 Å². The molecule has 0 N–H and O–H groups in total. The molecule has 0 saturated heterocycles. The molecular formula is C10H10O2Si. The number of carbonyl (C=O) groups is 1. The Morgan fingerprint density at radius 3 is 3.08 bits per heavy atom. The fourth-order valence-corrected chi connectivity index (χ4v) is 1.73. The Kier molecular flexibility index (Phi) is 2.02. The molecular weight excluding hydrogens is 180 g/mol. The average Bonchev–Trinajstić information content (AvgIpc) is 2.63. The van der Waals surface area contributed by atoms with Gasteiger partial charge in [-0.05, 0) is 29.7 Å². The molecule has 66 valence electrons. The molecule has 1 aromatic rings. The molecule has 0 radical (unpaired) electrons. The standard InChI is InChI=1S/C10H10O2Si/c11-10(12-13)9-5-4-7-2-1-3-8(7)6-9/h1,3-6H,2H2,13H3. The number of hydrogen-bond donors (Lipinski definition) is 0. The van der Waals surface area contributed by atoms with Crippen molar-refractivity contribution in [1.82, 2.24) is 0 Å². The van der Waals surface area contributed by atoms with Crippen molar-refractivity contribution < 1.29 is 9.22 Å². The summed E-state index contributed by atoms with van der Waals surface area (Å²) in [5, 5.41) is 0. The third-order valence-corrected chi connectivity index (χ3v) is 2.57. The minimum atomic E-state index is -0.213. The Hall–Kier alpha value is -1.35. The lowest BCUT2D eigenvalue weighted by molar-refractivity contribution is 0.0749.